The predicted octanol–water partition coefficient (Wildman–Crippen LogP) is 4.49. The molecule has 1 aliphatic rings. The maximum atomic E-state index is 6.13. The Bertz CT molecular complexity index is 606. The van der Waals surface area contributed by atoms with E-state index in [1.54, 1.807) is 0 Å². The fourth-order valence-corrected chi connectivity index (χ4v) is 3.46. The number of nitrogens with zero attached hydrogens (tertiary/aromatic N) is 2. The van der Waals surface area contributed by atoms with Crippen LogP contribution in [0.2, 0.25) is 5.15 Å². The second-order valence-electron chi connectivity index (χ2n) is 6.00. The lowest BCUT2D eigenvalue weighted by molar-refractivity contribution is 0.0973. The summed E-state index contributed by atoms with van der Waals surface area (Å²) in [7, 11) is 0. The van der Waals surface area contributed by atoms with E-state index in [4.69, 9.17) is 16.3 Å². The van der Waals surface area contributed by atoms with Crippen LogP contribution in [-0.2, 0) is 0 Å². The van der Waals surface area contributed by atoms with E-state index in [1.165, 1.54) is 6.42 Å². The Morgan fingerprint density at radius 2 is 1.65 bits per heavy atom. The van der Waals surface area contributed by atoms with Crippen LogP contribution in [0.3, 0.4) is 0 Å². The average Bonchev–Trinajstić information content (AvgIpc) is 2.41. The third kappa shape index (κ3) is 2.73. The SMILES string of the molecule is CC1CC(C)CC(Oc2nnc(Cl)c3ccccc23)C1. The summed E-state index contributed by atoms with van der Waals surface area (Å²) in [5.41, 5.74) is 0. The normalized spacial score (nSPS) is 26.6. The lowest BCUT2D eigenvalue weighted by Crippen LogP contribution is -2.28. The largest absolute Gasteiger partial charge is 0.473 e. The Morgan fingerprint density at radius 1 is 1.00 bits per heavy atom. The molecule has 1 heterocycles. The van der Waals surface area contributed by atoms with Crippen LogP contribution in [0.4, 0.5) is 0 Å². The fraction of sp³-hybridized carbons (Fsp3) is 0.500. The topological polar surface area (TPSA) is 35.0 Å². The molecular formula is C16H19ClN2O. The first-order chi connectivity index (χ1) is 9.63. The molecule has 4 heteroatoms. The molecular weight excluding hydrogens is 272 g/mol. The minimum absolute atomic E-state index is 0.229. The minimum atomic E-state index is 0.229. The first kappa shape index (κ1) is 13.6. The van der Waals surface area contributed by atoms with Crippen LogP contribution in [0, 0.1) is 11.8 Å². The van der Waals surface area contributed by atoms with Crippen LogP contribution < -0.4 is 4.74 Å². The molecule has 20 heavy (non-hydrogen) atoms. The van der Waals surface area contributed by atoms with Crippen LogP contribution in [0.1, 0.15) is 33.1 Å². The standard InChI is InChI=1S/C16H19ClN2O/c1-10-7-11(2)9-12(8-10)20-16-14-6-4-3-5-13(14)15(17)18-19-16/h3-6,10-12H,7-9H2,1-2H3. The van der Waals surface area contributed by atoms with Gasteiger partial charge in [0.15, 0.2) is 5.15 Å². The highest BCUT2D eigenvalue weighted by molar-refractivity contribution is 6.34. The summed E-state index contributed by atoms with van der Waals surface area (Å²) in [6.45, 7) is 4.58. The quantitative estimate of drug-likeness (QED) is 0.817. The summed E-state index contributed by atoms with van der Waals surface area (Å²) < 4.78 is 6.13. The molecule has 2 unspecified atom stereocenters. The molecule has 0 amide bonds. The Hall–Kier alpha value is -1.35. The molecule has 0 saturated heterocycles. The Morgan fingerprint density at radius 3 is 2.35 bits per heavy atom. The fourth-order valence-electron chi connectivity index (χ4n) is 3.26. The molecule has 2 aromatic rings. The Kier molecular flexibility index (Phi) is 3.79. The number of aromatic nitrogens is 2. The molecule has 1 aromatic heterocycles. The molecule has 0 radical (unpaired) electrons. The Labute approximate surface area is 124 Å². The van der Waals surface area contributed by atoms with E-state index in [1.807, 2.05) is 24.3 Å². The van der Waals surface area contributed by atoms with Gasteiger partial charge in [-0.3, -0.25) is 0 Å². The summed E-state index contributed by atoms with van der Waals surface area (Å²) in [5.74, 6) is 2.02. The monoisotopic (exact) mass is 290 g/mol. The van der Waals surface area contributed by atoms with Crippen LogP contribution in [0.15, 0.2) is 24.3 Å². The highest BCUT2D eigenvalue weighted by Gasteiger charge is 2.26. The molecule has 1 fully saturated rings. The summed E-state index contributed by atoms with van der Waals surface area (Å²) in [6.07, 6.45) is 3.69. The van der Waals surface area contributed by atoms with E-state index in [-0.39, 0.29) is 6.10 Å². The van der Waals surface area contributed by atoms with Crippen LogP contribution in [0.5, 0.6) is 5.88 Å². The number of rotatable bonds is 2. The van der Waals surface area contributed by atoms with Crippen molar-refractivity contribution in [2.75, 3.05) is 0 Å². The molecule has 3 nitrogen and oxygen atoms in total. The third-order valence-electron chi connectivity index (χ3n) is 4.02. The molecule has 0 spiro atoms. The van der Waals surface area contributed by atoms with E-state index >= 15 is 0 Å². The zero-order valence-electron chi connectivity index (χ0n) is 11.8. The predicted molar refractivity (Wildman–Crippen MR) is 81.1 cm³/mol. The van der Waals surface area contributed by atoms with Gasteiger partial charge >= 0.3 is 0 Å². The van der Waals surface area contributed by atoms with Crippen LogP contribution in [-0.4, -0.2) is 16.3 Å². The summed E-state index contributed by atoms with van der Waals surface area (Å²) in [5, 5.41) is 10.4. The van der Waals surface area contributed by atoms with Gasteiger partial charge in [-0.2, -0.15) is 0 Å². The van der Waals surface area contributed by atoms with E-state index in [2.05, 4.69) is 24.0 Å². The number of ether oxygens (including phenoxy) is 1. The lowest BCUT2D eigenvalue weighted by Gasteiger charge is -2.31. The molecule has 3 rings (SSSR count). The highest BCUT2D eigenvalue weighted by Crippen LogP contribution is 2.33. The van der Waals surface area contributed by atoms with Gasteiger partial charge in [-0.1, -0.05) is 43.6 Å². The number of halogens is 1. The van der Waals surface area contributed by atoms with Crippen molar-refractivity contribution in [3.63, 3.8) is 0 Å². The van der Waals surface area contributed by atoms with Gasteiger partial charge in [-0.15, -0.1) is 10.2 Å². The van der Waals surface area contributed by atoms with Crippen molar-refractivity contribution in [2.24, 2.45) is 11.8 Å². The van der Waals surface area contributed by atoms with Gasteiger partial charge in [-0.05, 0) is 37.2 Å². The smallest absolute Gasteiger partial charge is 0.241 e. The average molecular weight is 291 g/mol. The van der Waals surface area contributed by atoms with E-state index in [9.17, 15) is 0 Å². The van der Waals surface area contributed by atoms with Crippen molar-refractivity contribution >= 4 is 22.4 Å². The van der Waals surface area contributed by atoms with Crippen molar-refractivity contribution in [1.29, 1.82) is 0 Å². The number of hydrogen-bond acceptors (Lipinski definition) is 3. The number of hydrogen-bond donors (Lipinski definition) is 0. The molecule has 1 aromatic carbocycles. The van der Waals surface area contributed by atoms with E-state index < -0.39 is 0 Å². The first-order valence-electron chi connectivity index (χ1n) is 7.21. The van der Waals surface area contributed by atoms with Gasteiger partial charge in [0.2, 0.25) is 5.88 Å². The van der Waals surface area contributed by atoms with Crippen molar-refractivity contribution < 1.29 is 4.74 Å². The van der Waals surface area contributed by atoms with Gasteiger partial charge < -0.3 is 4.74 Å². The second kappa shape index (κ2) is 5.57. The molecule has 1 saturated carbocycles. The van der Waals surface area contributed by atoms with Gasteiger partial charge in [0.1, 0.15) is 6.10 Å². The zero-order valence-corrected chi connectivity index (χ0v) is 12.6. The van der Waals surface area contributed by atoms with Crippen molar-refractivity contribution in [2.45, 2.75) is 39.2 Å². The molecule has 0 bridgehead atoms. The first-order valence-corrected chi connectivity index (χ1v) is 7.59. The van der Waals surface area contributed by atoms with Gasteiger partial charge in [-0.25, -0.2) is 0 Å². The Balaban J connectivity index is 1.89. The van der Waals surface area contributed by atoms with Gasteiger partial charge in [0.05, 0.1) is 0 Å². The molecule has 106 valence electrons. The van der Waals surface area contributed by atoms with Crippen molar-refractivity contribution in [1.82, 2.24) is 10.2 Å². The maximum absolute atomic E-state index is 6.13. The van der Waals surface area contributed by atoms with Gasteiger partial charge in [0, 0.05) is 10.8 Å². The van der Waals surface area contributed by atoms with Crippen molar-refractivity contribution in [3.8, 4) is 5.88 Å². The minimum Gasteiger partial charge on any atom is -0.473 e. The van der Waals surface area contributed by atoms with Gasteiger partial charge in [0.25, 0.3) is 0 Å². The van der Waals surface area contributed by atoms with Crippen LogP contribution in [0.25, 0.3) is 10.8 Å². The maximum Gasteiger partial charge on any atom is 0.241 e. The summed E-state index contributed by atoms with van der Waals surface area (Å²) in [4.78, 5) is 0. The molecule has 0 aliphatic heterocycles. The highest BCUT2D eigenvalue weighted by atomic mass is 35.5. The molecule has 0 N–H and O–H groups in total. The number of benzene rings is 1. The third-order valence-corrected chi connectivity index (χ3v) is 4.30. The summed E-state index contributed by atoms with van der Waals surface area (Å²) in [6, 6.07) is 7.86. The molecule has 2 atom stereocenters. The number of fused-ring (bicyclic) bond motifs is 1. The van der Waals surface area contributed by atoms with Crippen LogP contribution >= 0.6 is 11.6 Å². The second-order valence-corrected chi connectivity index (χ2v) is 6.36. The van der Waals surface area contributed by atoms with E-state index in [0.29, 0.717) is 22.9 Å². The lowest BCUT2D eigenvalue weighted by atomic mass is 9.82. The summed E-state index contributed by atoms with van der Waals surface area (Å²) >= 11 is 6.09. The van der Waals surface area contributed by atoms with Crippen molar-refractivity contribution in [3.05, 3.63) is 29.4 Å². The van der Waals surface area contributed by atoms with E-state index in [0.717, 1.165) is 23.6 Å². The molecule has 1 aliphatic carbocycles. The zero-order chi connectivity index (χ0) is 14.1.